The van der Waals surface area contributed by atoms with E-state index < -0.39 is 0 Å². The molecular weight excluding hydrogens is 386 g/mol. The standard InChI is InChI=1S/C10H8.2ClH.Pt/c1-2-9-7-4-5-8(6-7)10(9)3-1;;;/h7-10H,2,6H2;2*1H;/q;;;+2/p-2. The van der Waals surface area contributed by atoms with Crippen molar-refractivity contribution in [3.05, 3.63) is 0 Å². The van der Waals surface area contributed by atoms with Gasteiger partial charge in [-0.15, -0.1) is 5.92 Å². The maximum atomic E-state index is 3.30. The van der Waals surface area contributed by atoms with Gasteiger partial charge in [0, 0.05) is 24.2 Å². The Morgan fingerprint density at radius 3 is 2.31 bits per heavy atom. The predicted octanol–water partition coefficient (Wildman–Crippen LogP) is -4.72. The average molecular weight is 394 g/mol. The first kappa shape index (κ1) is 13.4. The third-order valence-corrected chi connectivity index (χ3v) is 2.98. The van der Waals surface area contributed by atoms with Crippen molar-refractivity contribution in [3.8, 4) is 23.7 Å². The van der Waals surface area contributed by atoms with E-state index >= 15 is 0 Å². The Balaban J connectivity index is 0.000000480. The molecular formula is C10H8Cl2Pt. The Morgan fingerprint density at radius 2 is 1.62 bits per heavy atom. The van der Waals surface area contributed by atoms with E-state index in [2.05, 4.69) is 23.7 Å². The molecule has 0 amide bonds. The summed E-state index contributed by atoms with van der Waals surface area (Å²) in [7, 11) is 0. The minimum atomic E-state index is 0. The normalized spacial score (nSPS) is 39.4. The molecule has 4 atom stereocenters. The molecule has 0 saturated heterocycles. The van der Waals surface area contributed by atoms with E-state index in [0.29, 0.717) is 17.8 Å². The van der Waals surface area contributed by atoms with Gasteiger partial charge in [0.15, 0.2) is 0 Å². The number of halogens is 2. The summed E-state index contributed by atoms with van der Waals surface area (Å²) in [5.41, 5.74) is 0. The number of hydrogen-bond donors (Lipinski definition) is 0. The molecule has 3 aliphatic carbocycles. The minimum absolute atomic E-state index is 0. The molecule has 1 fully saturated rings. The first-order valence-electron chi connectivity index (χ1n) is 3.94. The summed E-state index contributed by atoms with van der Waals surface area (Å²) >= 11 is 0. The smallest absolute Gasteiger partial charge is 1.00 e. The molecule has 3 rings (SSSR count). The molecule has 0 aromatic heterocycles. The van der Waals surface area contributed by atoms with Crippen molar-refractivity contribution in [1.82, 2.24) is 0 Å². The quantitative estimate of drug-likeness (QED) is 0.363. The monoisotopic (exact) mass is 393 g/mol. The minimum Gasteiger partial charge on any atom is -1.00 e. The summed E-state index contributed by atoms with van der Waals surface area (Å²) in [6.07, 6.45) is 2.42. The zero-order valence-electron chi connectivity index (χ0n) is 6.80. The van der Waals surface area contributed by atoms with Gasteiger partial charge in [-0.25, -0.2) is 0 Å². The number of hydrogen-bond acceptors (Lipinski definition) is 0. The fraction of sp³-hybridized carbons (Fsp3) is 0.600. The second-order valence-electron chi connectivity index (χ2n) is 3.45. The van der Waals surface area contributed by atoms with Gasteiger partial charge in [0.05, 0.1) is 0 Å². The zero-order chi connectivity index (χ0) is 6.55. The van der Waals surface area contributed by atoms with Crippen molar-refractivity contribution in [2.24, 2.45) is 23.7 Å². The van der Waals surface area contributed by atoms with Gasteiger partial charge in [-0.2, -0.15) is 0 Å². The van der Waals surface area contributed by atoms with E-state index in [1.165, 1.54) is 6.42 Å². The van der Waals surface area contributed by atoms with Crippen molar-refractivity contribution in [3.63, 3.8) is 0 Å². The van der Waals surface area contributed by atoms with Crippen LogP contribution in [0.5, 0.6) is 0 Å². The third kappa shape index (κ3) is 1.78. The first-order chi connectivity index (χ1) is 4.95. The van der Waals surface area contributed by atoms with Crippen LogP contribution in [0.4, 0.5) is 0 Å². The van der Waals surface area contributed by atoms with Crippen molar-refractivity contribution in [2.45, 2.75) is 12.8 Å². The van der Waals surface area contributed by atoms with Gasteiger partial charge < -0.3 is 24.8 Å². The largest absolute Gasteiger partial charge is 2.00 e. The molecule has 1 saturated carbocycles. The van der Waals surface area contributed by atoms with Crippen LogP contribution < -0.4 is 24.8 Å². The van der Waals surface area contributed by atoms with Crippen LogP contribution in [0.25, 0.3) is 0 Å². The Morgan fingerprint density at radius 1 is 0.923 bits per heavy atom. The number of rotatable bonds is 0. The molecule has 2 bridgehead atoms. The Bertz CT molecular complexity index is 304. The van der Waals surface area contributed by atoms with E-state index in [1.54, 1.807) is 0 Å². The Hall–Kier alpha value is 0.388. The van der Waals surface area contributed by atoms with Crippen LogP contribution in [0.1, 0.15) is 12.8 Å². The second kappa shape index (κ2) is 4.75. The SMILES string of the molecule is C1#CC2C3C#CC(C3)C2C1.[Cl-].[Cl-].[Pt+2]. The van der Waals surface area contributed by atoms with Gasteiger partial charge in [-0.05, 0) is 12.3 Å². The summed E-state index contributed by atoms with van der Waals surface area (Å²) in [5, 5.41) is 0. The fourth-order valence-electron chi connectivity index (χ4n) is 2.44. The van der Waals surface area contributed by atoms with E-state index in [1.807, 2.05) is 0 Å². The van der Waals surface area contributed by atoms with E-state index in [4.69, 9.17) is 0 Å². The summed E-state index contributed by atoms with van der Waals surface area (Å²) in [6.45, 7) is 0. The van der Waals surface area contributed by atoms with Crippen LogP contribution >= 0.6 is 0 Å². The van der Waals surface area contributed by atoms with Gasteiger partial charge >= 0.3 is 21.1 Å². The van der Waals surface area contributed by atoms with Crippen LogP contribution in [0.3, 0.4) is 0 Å². The zero-order valence-corrected chi connectivity index (χ0v) is 10.6. The van der Waals surface area contributed by atoms with Crippen LogP contribution in [0.2, 0.25) is 0 Å². The van der Waals surface area contributed by atoms with Gasteiger partial charge in [-0.3, -0.25) is 0 Å². The summed E-state index contributed by atoms with van der Waals surface area (Å²) in [4.78, 5) is 0. The Labute approximate surface area is 106 Å². The summed E-state index contributed by atoms with van der Waals surface area (Å²) in [6, 6.07) is 0. The van der Waals surface area contributed by atoms with Crippen molar-refractivity contribution < 1.29 is 45.9 Å². The molecule has 0 nitrogen and oxygen atoms in total. The van der Waals surface area contributed by atoms with Gasteiger partial charge in [0.1, 0.15) is 0 Å². The average Bonchev–Trinajstić information content (AvgIpc) is 2.60. The molecule has 0 aliphatic heterocycles. The summed E-state index contributed by atoms with van der Waals surface area (Å²) < 4.78 is 0. The second-order valence-corrected chi connectivity index (χ2v) is 3.45. The van der Waals surface area contributed by atoms with Gasteiger partial charge in [-0.1, -0.05) is 17.8 Å². The molecule has 0 N–H and O–H groups in total. The van der Waals surface area contributed by atoms with Gasteiger partial charge in [0.2, 0.25) is 0 Å². The predicted molar refractivity (Wildman–Crippen MR) is 38.7 cm³/mol. The van der Waals surface area contributed by atoms with E-state index in [0.717, 1.165) is 12.3 Å². The maximum Gasteiger partial charge on any atom is 2.00 e. The topological polar surface area (TPSA) is 0 Å². The molecule has 0 radical (unpaired) electrons. The molecule has 0 heterocycles. The van der Waals surface area contributed by atoms with E-state index in [9.17, 15) is 0 Å². The van der Waals surface area contributed by atoms with Crippen LogP contribution in [0, 0.1) is 47.4 Å². The number of fused-ring (bicyclic) bond motifs is 5. The van der Waals surface area contributed by atoms with Crippen LogP contribution in [0.15, 0.2) is 0 Å². The molecule has 3 heteroatoms. The van der Waals surface area contributed by atoms with E-state index in [-0.39, 0.29) is 45.9 Å². The van der Waals surface area contributed by atoms with Crippen molar-refractivity contribution >= 4 is 0 Å². The first-order valence-corrected chi connectivity index (χ1v) is 3.94. The Kier molecular flexibility index (Phi) is 4.89. The molecule has 0 aromatic carbocycles. The molecule has 3 aliphatic rings. The molecule has 0 aromatic rings. The molecule has 13 heavy (non-hydrogen) atoms. The molecule has 72 valence electrons. The fourth-order valence-corrected chi connectivity index (χ4v) is 2.44. The molecule has 0 spiro atoms. The van der Waals surface area contributed by atoms with Crippen LogP contribution in [-0.2, 0) is 21.1 Å². The summed E-state index contributed by atoms with van der Waals surface area (Å²) in [5.74, 6) is 15.9. The molecule has 4 unspecified atom stereocenters. The maximum absolute atomic E-state index is 3.30. The van der Waals surface area contributed by atoms with Crippen molar-refractivity contribution in [2.75, 3.05) is 0 Å². The van der Waals surface area contributed by atoms with Crippen molar-refractivity contribution in [1.29, 1.82) is 0 Å². The van der Waals surface area contributed by atoms with Crippen LogP contribution in [-0.4, -0.2) is 0 Å². The van der Waals surface area contributed by atoms with Gasteiger partial charge in [0.25, 0.3) is 0 Å². The third-order valence-electron chi connectivity index (χ3n) is 2.98.